The monoisotopic (exact) mass is 534 g/mol. The average Bonchev–Trinajstić information content (AvgIpc) is 3.34. The van der Waals surface area contributed by atoms with Gasteiger partial charge in [-0.15, -0.1) is 0 Å². The second-order valence-corrected chi connectivity index (χ2v) is 10.2. The summed E-state index contributed by atoms with van der Waals surface area (Å²) < 4.78 is 12.9. The molecule has 1 heterocycles. The molecule has 8 heteroatoms. The van der Waals surface area contributed by atoms with Crippen molar-refractivity contribution in [2.45, 2.75) is 51.7 Å². The molecule has 0 bridgehead atoms. The molecule has 4 aromatic rings. The molecule has 0 aliphatic rings. The largest absolute Gasteiger partial charge is 0.506 e. The van der Waals surface area contributed by atoms with E-state index < -0.39 is 0 Å². The van der Waals surface area contributed by atoms with Crippen molar-refractivity contribution in [2.75, 3.05) is 13.2 Å². The van der Waals surface area contributed by atoms with Crippen LogP contribution in [0, 0.1) is 0 Å². The van der Waals surface area contributed by atoms with Crippen LogP contribution in [0.3, 0.4) is 0 Å². The molecule has 0 aliphatic carbocycles. The van der Waals surface area contributed by atoms with Crippen LogP contribution >= 0.6 is 11.3 Å². The highest BCUT2D eigenvalue weighted by molar-refractivity contribution is 7.16. The van der Waals surface area contributed by atoms with Gasteiger partial charge >= 0.3 is 4.87 Å². The number of aromatic amines is 1. The van der Waals surface area contributed by atoms with E-state index in [1.807, 2.05) is 61.5 Å². The Morgan fingerprint density at radius 3 is 2.66 bits per heavy atom. The number of thiazole rings is 1. The number of phenols is 1. The number of rotatable bonds is 14. The van der Waals surface area contributed by atoms with E-state index in [0.29, 0.717) is 38.1 Å². The SMILES string of the molecule is CC(OCCCCCC(=O)NCCc1ccc(O)c2[nH]c(=O)sc12)c1ccccc1OCc1ccccc1. The highest BCUT2D eigenvalue weighted by atomic mass is 32.1. The third-order valence-corrected chi connectivity index (χ3v) is 7.32. The Balaban J connectivity index is 1.11. The topological polar surface area (TPSA) is 101 Å². The quantitative estimate of drug-likeness (QED) is 0.176. The Morgan fingerprint density at radius 2 is 1.82 bits per heavy atom. The summed E-state index contributed by atoms with van der Waals surface area (Å²) in [5.41, 5.74) is 3.54. The first-order valence-electron chi connectivity index (χ1n) is 13.0. The van der Waals surface area contributed by atoms with Crippen LogP contribution in [-0.4, -0.2) is 29.1 Å². The maximum absolute atomic E-state index is 12.2. The highest BCUT2D eigenvalue weighted by Gasteiger charge is 2.13. The fraction of sp³-hybridized carbons (Fsp3) is 0.333. The van der Waals surface area contributed by atoms with Gasteiger partial charge in [0.2, 0.25) is 5.91 Å². The molecule has 200 valence electrons. The van der Waals surface area contributed by atoms with Crippen LogP contribution < -0.4 is 14.9 Å². The third-order valence-electron chi connectivity index (χ3n) is 6.37. The number of H-pyrrole nitrogens is 1. The van der Waals surface area contributed by atoms with E-state index >= 15 is 0 Å². The summed E-state index contributed by atoms with van der Waals surface area (Å²) in [6.45, 7) is 3.65. The van der Waals surface area contributed by atoms with Gasteiger partial charge in [0.15, 0.2) is 0 Å². The predicted octanol–water partition coefficient (Wildman–Crippen LogP) is 5.87. The van der Waals surface area contributed by atoms with E-state index in [1.165, 1.54) is 0 Å². The molecular formula is C30H34N2O5S. The molecule has 0 fully saturated rings. The van der Waals surface area contributed by atoms with E-state index in [2.05, 4.69) is 10.3 Å². The number of carbonyl (C=O) groups is 1. The number of phenolic OH excluding ortho intramolecular Hbond substituents is 1. The molecule has 1 aromatic heterocycles. The Labute approximate surface area is 226 Å². The molecule has 38 heavy (non-hydrogen) atoms. The number of aromatic hydroxyl groups is 1. The normalized spacial score (nSPS) is 11.9. The van der Waals surface area contributed by atoms with Gasteiger partial charge in [0.05, 0.1) is 10.8 Å². The highest BCUT2D eigenvalue weighted by Crippen LogP contribution is 2.29. The molecular weight excluding hydrogens is 500 g/mol. The Hall–Kier alpha value is -3.62. The van der Waals surface area contributed by atoms with Gasteiger partial charge in [0.25, 0.3) is 0 Å². The van der Waals surface area contributed by atoms with Gasteiger partial charge in [-0.1, -0.05) is 72.4 Å². The Morgan fingerprint density at radius 1 is 1.03 bits per heavy atom. The molecule has 1 unspecified atom stereocenters. The zero-order chi connectivity index (χ0) is 26.7. The first-order chi connectivity index (χ1) is 18.5. The first-order valence-corrected chi connectivity index (χ1v) is 13.8. The van der Waals surface area contributed by atoms with E-state index in [0.717, 1.165) is 57.7 Å². The number of aromatic nitrogens is 1. The zero-order valence-corrected chi connectivity index (χ0v) is 22.4. The van der Waals surface area contributed by atoms with Crippen molar-refractivity contribution in [1.29, 1.82) is 0 Å². The summed E-state index contributed by atoms with van der Waals surface area (Å²) in [7, 11) is 0. The molecule has 0 spiro atoms. The third kappa shape index (κ3) is 7.69. The van der Waals surface area contributed by atoms with Gasteiger partial charge in [0, 0.05) is 25.1 Å². The average molecular weight is 535 g/mol. The summed E-state index contributed by atoms with van der Waals surface area (Å²) in [5.74, 6) is 0.908. The summed E-state index contributed by atoms with van der Waals surface area (Å²) >= 11 is 1.07. The molecule has 1 amide bonds. The Bertz CT molecular complexity index is 1380. The van der Waals surface area contributed by atoms with Crippen LogP contribution in [0.4, 0.5) is 0 Å². The van der Waals surface area contributed by atoms with E-state index in [-0.39, 0.29) is 22.6 Å². The lowest BCUT2D eigenvalue weighted by Gasteiger charge is -2.18. The number of hydrogen-bond donors (Lipinski definition) is 3. The minimum Gasteiger partial charge on any atom is -0.506 e. The predicted molar refractivity (Wildman–Crippen MR) is 151 cm³/mol. The lowest BCUT2D eigenvalue weighted by atomic mass is 10.1. The van der Waals surface area contributed by atoms with Gasteiger partial charge in [-0.3, -0.25) is 9.59 Å². The minimum atomic E-state index is -0.203. The van der Waals surface area contributed by atoms with E-state index in [9.17, 15) is 14.7 Å². The fourth-order valence-electron chi connectivity index (χ4n) is 4.29. The molecule has 3 N–H and O–H groups in total. The molecule has 4 rings (SSSR count). The summed E-state index contributed by atoms with van der Waals surface area (Å²) in [4.78, 5) is 26.3. The summed E-state index contributed by atoms with van der Waals surface area (Å²) in [5, 5.41) is 12.8. The van der Waals surface area contributed by atoms with Crippen molar-refractivity contribution in [3.8, 4) is 11.5 Å². The number of carbonyl (C=O) groups excluding carboxylic acids is 1. The zero-order valence-electron chi connectivity index (χ0n) is 21.6. The first kappa shape index (κ1) is 27.4. The Kier molecular flexibility index (Phi) is 9.95. The molecule has 1 atom stereocenters. The summed E-state index contributed by atoms with van der Waals surface area (Å²) in [6.07, 6.45) is 3.55. The maximum Gasteiger partial charge on any atom is 0.305 e. The number of nitrogens with one attached hydrogen (secondary N) is 2. The van der Waals surface area contributed by atoms with Gasteiger partial charge < -0.3 is 24.9 Å². The number of ether oxygens (including phenoxy) is 2. The van der Waals surface area contributed by atoms with Gasteiger partial charge in [-0.25, -0.2) is 0 Å². The van der Waals surface area contributed by atoms with Crippen LogP contribution in [0.1, 0.15) is 55.4 Å². The van der Waals surface area contributed by atoms with Crippen LogP contribution in [0.5, 0.6) is 11.5 Å². The van der Waals surface area contributed by atoms with Crippen LogP contribution in [0.25, 0.3) is 10.2 Å². The smallest absolute Gasteiger partial charge is 0.305 e. The van der Waals surface area contributed by atoms with Crippen LogP contribution in [0.2, 0.25) is 0 Å². The van der Waals surface area contributed by atoms with Crippen molar-refractivity contribution in [1.82, 2.24) is 10.3 Å². The van der Waals surface area contributed by atoms with Crippen LogP contribution in [-0.2, 0) is 22.6 Å². The molecule has 0 saturated heterocycles. The van der Waals surface area contributed by atoms with Crippen molar-refractivity contribution in [3.05, 3.63) is 93.1 Å². The summed E-state index contributed by atoms with van der Waals surface area (Å²) in [6, 6.07) is 21.4. The van der Waals surface area contributed by atoms with Gasteiger partial charge in [0.1, 0.15) is 23.6 Å². The standard InChI is InChI=1S/C30H34N2O5S/c1-21(24-12-7-8-13-26(24)37-20-22-10-4-2-5-11-22)36-19-9-3-6-14-27(34)31-18-17-23-15-16-25(33)28-29(23)38-30(35)32-28/h2,4-5,7-8,10-13,15-16,21,33H,3,6,9,14,17-20H2,1H3,(H,31,34)(H,32,35). The second kappa shape index (κ2) is 13.8. The van der Waals surface area contributed by atoms with Gasteiger partial charge in [-0.2, -0.15) is 0 Å². The number of benzene rings is 3. The molecule has 0 aliphatic heterocycles. The molecule has 3 aromatic carbocycles. The van der Waals surface area contributed by atoms with Crippen molar-refractivity contribution in [2.24, 2.45) is 0 Å². The number of hydrogen-bond acceptors (Lipinski definition) is 6. The fourth-order valence-corrected chi connectivity index (χ4v) is 5.19. The van der Waals surface area contributed by atoms with Gasteiger partial charge in [-0.05, 0) is 49.4 Å². The molecule has 0 saturated carbocycles. The van der Waals surface area contributed by atoms with Crippen molar-refractivity contribution < 1.29 is 19.4 Å². The van der Waals surface area contributed by atoms with Crippen LogP contribution in [0.15, 0.2) is 71.5 Å². The lowest BCUT2D eigenvalue weighted by Crippen LogP contribution is -2.25. The minimum absolute atomic E-state index is 0.0149. The van der Waals surface area contributed by atoms with E-state index in [4.69, 9.17) is 9.47 Å². The molecule has 7 nitrogen and oxygen atoms in total. The number of fused-ring (bicyclic) bond motifs is 1. The lowest BCUT2D eigenvalue weighted by molar-refractivity contribution is -0.121. The molecule has 0 radical (unpaired) electrons. The van der Waals surface area contributed by atoms with Crippen molar-refractivity contribution >= 4 is 27.5 Å². The number of para-hydroxylation sites is 1. The van der Waals surface area contributed by atoms with E-state index in [1.54, 1.807) is 12.1 Å². The number of unbranched alkanes of at least 4 members (excludes halogenated alkanes) is 2. The van der Waals surface area contributed by atoms with Crippen molar-refractivity contribution in [3.63, 3.8) is 0 Å². The second-order valence-electron chi connectivity index (χ2n) is 9.20. The number of amides is 1. The maximum atomic E-state index is 12.2.